The maximum absolute atomic E-state index is 14.4. The number of amides is 8. The fourth-order valence-electron chi connectivity index (χ4n) is 10.4. The lowest BCUT2D eigenvalue weighted by molar-refractivity contribution is -0.148. The number of carboxylic acid groups (broad SMARTS) is 8. The van der Waals surface area contributed by atoms with Crippen molar-refractivity contribution in [3.8, 4) is 0 Å². The number of unbranched alkanes of at least 4 members (excludes halogenated alkanes) is 5. The van der Waals surface area contributed by atoms with Gasteiger partial charge >= 0.3 is 53.8 Å². The van der Waals surface area contributed by atoms with Crippen molar-refractivity contribution in [3.63, 3.8) is 0 Å². The Hall–Kier alpha value is -9.87. The molecule has 6 atom stereocenters. The Labute approximate surface area is 571 Å². The van der Waals surface area contributed by atoms with Crippen LogP contribution in [0.5, 0.6) is 0 Å². The summed E-state index contributed by atoms with van der Waals surface area (Å²) < 4.78 is 0. The van der Waals surface area contributed by atoms with Crippen molar-refractivity contribution in [2.24, 2.45) is 5.92 Å². The highest BCUT2D eigenvalue weighted by Crippen LogP contribution is 2.13. The monoisotopic (exact) mass is 1400 g/mol. The molecule has 0 spiro atoms. The highest BCUT2D eigenvalue weighted by Gasteiger charge is 2.35. The van der Waals surface area contributed by atoms with Gasteiger partial charge in [-0.2, -0.15) is 0 Å². The van der Waals surface area contributed by atoms with Crippen LogP contribution in [0.4, 0.5) is 4.79 Å². The van der Waals surface area contributed by atoms with Crippen molar-refractivity contribution in [2.45, 2.75) is 133 Å². The van der Waals surface area contributed by atoms with E-state index in [0.29, 0.717) is 49.7 Å². The SMILES string of the molecule is O=C(O)CC[C@H](NC(=O)N[C@@H](CCCCNC(=O)CCCCCCC(=O)NCCCCC(NC(=O)C(Cc1ccccc1)NC(=O)C(Cc1ccccc1)NC(=O)C(CNC(=O)CN1CCN(CC(=O)O)CCN(CC(=O)O)CCN(CC(=O)O)CC1)C(=O)O)C(=O)O)C(=O)O)C(=O)O. The van der Waals surface area contributed by atoms with E-state index in [1.54, 1.807) is 80.3 Å². The van der Waals surface area contributed by atoms with E-state index >= 15 is 0 Å². The topological polar surface area (TPSA) is 527 Å². The minimum atomic E-state index is -1.98. The number of nitrogens with one attached hydrogen (secondary N) is 8. The maximum atomic E-state index is 14.4. The molecule has 0 bridgehead atoms. The van der Waals surface area contributed by atoms with Crippen LogP contribution in [0.1, 0.15) is 101 Å². The first-order valence-electron chi connectivity index (χ1n) is 32.6. The maximum Gasteiger partial charge on any atom is 0.326 e. The lowest BCUT2D eigenvalue weighted by atomic mass is 10.0. The molecule has 2 aromatic rings. The van der Waals surface area contributed by atoms with Gasteiger partial charge in [-0.1, -0.05) is 73.5 Å². The van der Waals surface area contributed by atoms with Gasteiger partial charge in [0, 0.05) is 104 Å². The summed E-state index contributed by atoms with van der Waals surface area (Å²) in [5.74, 6) is -16.9. The molecule has 1 heterocycles. The van der Waals surface area contributed by atoms with Gasteiger partial charge in [0.1, 0.15) is 30.2 Å². The summed E-state index contributed by atoms with van der Waals surface area (Å²) in [5, 5.41) is 96.5. The zero-order valence-corrected chi connectivity index (χ0v) is 55.1. The average Bonchev–Trinajstić information content (AvgIpc) is 0.861. The summed E-state index contributed by atoms with van der Waals surface area (Å²) in [5.41, 5.74) is 1.06. The number of carbonyl (C=O) groups is 15. The lowest BCUT2D eigenvalue weighted by Crippen LogP contribution is -2.58. The van der Waals surface area contributed by atoms with Gasteiger partial charge in [-0.05, 0) is 68.9 Å². The number of aliphatic carboxylic acids is 8. The molecular weight excluding hydrogens is 1300 g/mol. The first-order valence-corrected chi connectivity index (χ1v) is 32.6. The van der Waals surface area contributed by atoms with E-state index in [1.807, 2.05) is 0 Å². The van der Waals surface area contributed by atoms with Crippen molar-refractivity contribution >= 4 is 89.2 Å². The molecule has 1 saturated heterocycles. The fraction of sp³-hybridized carbons (Fsp3) is 0.578. The molecule has 16 N–H and O–H groups in total. The van der Waals surface area contributed by atoms with Gasteiger partial charge in [0.25, 0.3) is 0 Å². The van der Waals surface area contributed by atoms with Gasteiger partial charge in [0.2, 0.25) is 35.4 Å². The number of hydrogen-bond acceptors (Lipinski definition) is 19. The molecule has 99 heavy (non-hydrogen) atoms. The fourth-order valence-corrected chi connectivity index (χ4v) is 10.4. The van der Waals surface area contributed by atoms with Gasteiger partial charge in [-0.3, -0.25) is 72.3 Å². The Bertz CT molecular complexity index is 2970. The Morgan fingerprint density at radius 2 is 0.687 bits per heavy atom. The number of benzene rings is 2. The Balaban J connectivity index is 1.54. The number of carbonyl (C=O) groups excluding carboxylic acids is 7. The van der Waals surface area contributed by atoms with Gasteiger partial charge < -0.3 is 83.4 Å². The molecule has 0 aromatic heterocycles. The summed E-state index contributed by atoms with van der Waals surface area (Å²) >= 11 is 0. The molecule has 35 heteroatoms. The van der Waals surface area contributed by atoms with E-state index < -0.39 is 153 Å². The summed E-state index contributed by atoms with van der Waals surface area (Å²) in [6.45, 7) is -1.16. The van der Waals surface area contributed by atoms with E-state index in [4.69, 9.17) is 5.11 Å². The third kappa shape index (κ3) is 36.9. The average molecular weight is 1400 g/mol. The smallest absolute Gasteiger partial charge is 0.326 e. The quantitative estimate of drug-likeness (QED) is 0.0259. The van der Waals surface area contributed by atoms with Crippen LogP contribution < -0.4 is 42.5 Å². The molecule has 35 nitrogen and oxygen atoms in total. The second-order valence-corrected chi connectivity index (χ2v) is 23.8. The summed E-state index contributed by atoms with van der Waals surface area (Å²) in [4.78, 5) is 194. The summed E-state index contributed by atoms with van der Waals surface area (Å²) in [6, 6.07) is 8.23. The normalized spacial score (nSPS) is 15.2. The van der Waals surface area contributed by atoms with Gasteiger partial charge in [0.15, 0.2) is 5.92 Å². The molecule has 1 aliphatic heterocycles. The Morgan fingerprint density at radius 3 is 1.05 bits per heavy atom. The lowest BCUT2D eigenvalue weighted by Gasteiger charge is -2.32. The van der Waals surface area contributed by atoms with Gasteiger partial charge in [-0.15, -0.1) is 0 Å². The van der Waals surface area contributed by atoms with Crippen molar-refractivity contribution in [2.75, 3.05) is 98.2 Å². The van der Waals surface area contributed by atoms with Crippen LogP contribution in [0, 0.1) is 5.92 Å². The van der Waals surface area contributed by atoms with Gasteiger partial charge in [0.05, 0.1) is 26.2 Å². The second-order valence-electron chi connectivity index (χ2n) is 23.8. The van der Waals surface area contributed by atoms with Crippen LogP contribution in [0.3, 0.4) is 0 Å². The van der Waals surface area contributed by atoms with E-state index in [9.17, 15) is 108 Å². The summed E-state index contributed by atoms with van der Waals surface area (Å²) in [7, 11) is 0. The number of carboxylic acids is 8. The largest absolute Gasteiger partial charge is 0.481 e. The molecule has 0 radical (unpaired) electrons. The standard InChI is InChI=1S/C64H94N12O23/c77-50(21-9-1-2-10-22-51(78)66-26-14-12-20-46(62(95)96)71-64(99)72-47(63(97)98)23-24-53(80)81)65-25-13-11-19-45(61(93)94)68-58(89)49(36-43-17-7-4-8-18-43)70-59(90)48(35-42-15-5-3-6-16-42)69-57(88)44(60(91)92)37-67-52(79)38-73-27-29-74(39-54(82)83)31-33-76(41-56(86)87)34-32-75(30-28-73)40-55(84)85/h3-8,15-18,44-49H,1-2,9-14,19-41H2,(H,65,77)(H,66,78)(H,67,79)(H,68,89)(H,69,88)(H,70,90)(H,80,81)(H,82,83)(H,84,85)(H,86,87)(H,91,92)(H,93,94)(H,95,96)(H,97,98)(H2,71,72,99)/t44?,45?,46-,47-,48?,49?/m0/s1. The van der Waals surface area contributed by atoms with Crippen LogP contribution >= 0.6 is 0 Å². The van der Waals surface area contributed by atoms with E-state index in [-0.39, 0.29) is 135 Å². The van der Waals surface area contributed by atoms with Crippen LogP contribution in [-0.4, -0.2) is 278 Å². The predicted molar refractivity (Wildman–Crippen MR) is 349 cm³/mol. The molecule has 548 valence electrons. The first-order chi connectivity index (χ1) is 47.1. The molecule has 1 fully saturated rings. The number of nitrogens with zero attached hydrogens (tertiary/aromatic N) is 4. The highest BCUT2D eigenvalue weighted by atomic mass is 16.4. The molecule has 4 unspecified atom stereocenters. The number of urea groups is 1. The molecule has 3 rings (SSSR count). The Morgan fingerprint density at radius 1 is 0.333 bits per heavy atom. The predicted octanol–water partition coefficient (Wildman–Crippen LogP) is -1.71. The second kappa shape index (κ2) is 46.4. The summed E-state index contributed by atoms with van der Waals surface area (Å²) in [6.07, 6.45) is 2.48. The third-order valence-electron chi connectivity index (χ3n) is 15.8. The van der Waals surface area contributed by atoms with Crippen molar-refractivity contribution in [3.05, 3.63) is 71.8 Å². The van der Waals surface area contributed by atoms with Gasteiger partial charge in [-0.25, -0.2) is 19.2 Å². The minimum Gasteiger partial charge on any atom is -0.481 e. The number of hydrogen-bond donors (Lipinski definition) is 16. The van der Waals surface area contributed by atoms with Crippen LogP contribution in [-0.2, 0) is 80.0 Å². The van der Waals surface area contributed by atoms with E-state index in [0.717, 1.165) is 0 Å². The first kappa shape index (κ1) is 83.4. The Kier molecular flexibility index (Phi) is 39.0. The number of rotatable bonds is 46. The molecule has 1 aliphatic rings. The molecular formula is C64H94N12O23. The molecule has 2 aromatic carbocycles. The molecule has 8 amide bonds. The van der Waals surface area contributed by atoms with Crippen LogP contribution in [0.15, 0.2) is 60.7 Å². The van der Waals surface area contributed by atoms with Crippen LogP contribution in [0.2, 0.25) is 0 Å². The van der Waals surface area contributed by atoms with Crippen molar-refractivity contribution < 1.29 is 113 Å². The van der Waals surface area contributed by atoms with E-state index in [2.05, 4.69) is 42.5 Å². The minimum absolute atomic E-state index is 0.0332. The highest BCUT2D eigenvalue weighted by molar-refractivity contribution is 6.00. The molecule has 0 aliphatic carbocycles. The van der Waals surface area contributed by atoms with Crippen LogP contribution in [0.25, 0.3) is 0 Å². The van der Waals surface area contributed by atoms with E-state index in [1.165, 1.54) is 0 Å². The van der Waals surface area contributed by atoms with Crippen molar-refractivity contribution in [1.82, 2.24) is 62.1 Å². The zero-order valence-electron chi connectivity index (χ0n) is 55.1. The van der Waals surface area contributed by atoms with Crippen molar-refractivity contribution in [1.29, 1.82) is 0 Å². The molecule has 0 saturated carbocycles. The third-order valence-corrected chi connectivity index (χ3v) is 15.8. The zero-order chi connectivity index (χ0) is 73.2.